The fraction of sp³-hybridized carbons (Fsp3) is 0.452. The van der Waals surface area contributed by atoms with E-state index < -0.39 is 85.6 Å². The van der Waals surface area contributed by atoms with E-state index in [1.807, 2.05) is 30.3 Å². The van der Waals surface area contributed by atoms with Gasteiger partial charge < -0.3 is 25.0 Å². The van der Waals surface area contributed by atoms with Crippen LogP contribution in [0.3, 0.4) is 0 Å². The van der Waals surface area contributed by atoms with Gasteiger partial charge in [0.15, 0.2) is 0 Å². The van der Waals surface area contributed by atoms with Gasteiger partial charge in [-0.1, -0.05) is 57.2 Å². The SMILES string of the molecule is C=C[C@@H]1C[C@]1(NC(=O)[C@@H]1C[C@@H](Oc2cc(-c3ccccc3)nc3c2sc2cc(F)ccc23)CN1C(=O)[C@@H](NC(=O)OC(C)(C)C)C(C)(C)C)C(=O)NS(=O)(=O)C1CC1. The maximum atomic E-state index is 14.7. The Bertz CT molecular complexity index is 2420. The number of fused-ring (bicyclic) bond motifs is 3. The molecule has 3 aliphatic rings. The van der Waals surface area contributed by atoms with E-state index in [0.29, 0.717) is 39.2 Å². The van der Waals surface area contributed by atoms with Crippen molar-refractivity contribution in [2.45, 2.75) is 102 Å². The van der Waals surface area contributed by atoms with Crippen molar-refractivity contribution >= 4 is 65.5 Å². The Morgan fingerprint density at radius 3 is 2.38 bits per heavy atom. The first-order valence-corrected chi connectivity index (χ1v) is 21.6. The second-order valence-corrected chi connectivity index (χ2v) is 20.4. The number of carbonyl (C=O) groups is 4. The number of pyridine rings is 1. The van der Waals surface area contributed by atoms with Gasteiger partial charge in [-0.25, -0.2) is 22.6 Å². The fourth-order valence-corrected chi connectivity index (χ4v) is 9.83. The van der Waals surface area contributed by atoms with E-state index >= 15 is 0 Å². The topological polar surface area (TPSA) is 173 Å². The highest BCUT2D eigenvalue weighted by Crippen LogP contribution is 2.46. The normalized spacial score (nSPS) is 22.6. The van der Waals surface area contributed by atoms with Gasteiger partial charge in [-0.2, -0.15) is 0 Å². The molecule has 7 rings (SSSR count). The summed E-state index contributed by atoms with van der Waals surface area (Å²) in [6.07, 6.45) is 0.854. The molecule has 3 heterocycles. The molecule has 0 unspecified atom stereocenters. The Labute approximate surface area is 340 Å². The molecule has 2 saturated carbocycles. The predicted octanol–water partition coefficient (Wildman–Crippen LogP) is 6.21. The highest BCUT2D eigenvalue weighted by atomic mass is 32.2. The van der Waals surface area contributed by atoms with Crippen molar-refractivity contribution in [3.05, 3.63) is 73.1 Å². The lowest BCUT2D eigenvalue weighted by molar-refractivity contribution is -0.143. The van der Waals surface area contributed by atoms with Crippen LogP contribution in [-0.4, -0.2) is 83.2 Å². The van der Waals surface area contributed by atoms with Crippen molar-refractivity contribution in [2.24, 2.45) is 11.3 Å². The van der Waals surface area contributed by atoms with Gasteiger partial charge in [-0.15, -0.1) is 17.9 Å². The molecule has 13 nitrogen and oxygen atoms in total. The molecule has 0 spiro atoms. The third-order valence-corrected chi connectivity index (χ3v) is 13.6. The Balaban J connectivity index is 1.24. The zero-order chi connectivity index (χ0) is 41.9. The van der Waals surface area contributed by atoms with E-state index in [1.165, 1.54) is 34.4 Å². The molecule has 2 aliphatic carbocycles. The summed E-state index contributed by atoms with van der Waals surface area (Å²) < 4.78 is 55.7. The van der Waals surface area contributed by atoms with Crippen LogP contribution in [-0.2, 0) is 29.1 Å². The van der Waals surface area contributed by atoms with E-state index in [9.17, 15) is 32.0 Å². The quantitative estimate of drug-likeness (QED) is 0.149. The van der Waals surface area contributed by atoms with Gasteiger partial charge in [0.1, 0.15) is 40.9 Å². The zero-order valence-corrected chi connectivity index (χ0v) is 34.9. The van der Waals surface area contributed by atoms with E-state index in [-0.39, 0.29) is 19.4 Å². The monoisotopic (exact) mass is 833 g/mol. The third kappa shape index (κ3) is 8.39. The summed E-state index contributed by atoms with van der Waals surface area (Å²) in [5.74, 6) is -2.69. The zero-order valence-electron chi connectivity index (χ0n) is 33.3. The molecule has 2 aromatic heterocycles. The maximum absolute atomic E-state index is 14.7. The first-order valence-electron chi connectivity index (χ1n) is 19.2. The number of likely N-dealkylation sites (tertiary alicyclic amines) is 1. The number of halogens is 1. The van der Waals surface area contributed by atoms with Gasteiger partial charge in [0, 0.05) is 34.1 Å². The highest BCUT2D eigenvalue weighted by Gasteiger charge is 2.62. The summed E-state index contributed by atoms with van der Waals surface area (Å²) in [7, 11) is -3.94. The number of hydrogen-bond donors (Lipinski definition) is 3. The highest BCUT2D eigenvalue weighted by molar-refractivity contribution is 7.91. The van der Waals surface area contributed by atoms with Crippen molar-refractivity contribution in [3.63, 3.8) is 0 Å². The number of nitrogens with one attached hydrogen (secondary N) is 3. The first kappa shape index (κ1) is 41.1. The second-order valence-electron chi connectivity index (χ2n) is 17.4. The number of aromatic nitrogens is 1. The Hall–Kier alpha value is -5.09. The fourth-order valence-electron chi connectivity index (χ4n) is 7.34. The lowest BCUT2D eigenvalue weighted by Gasteiger charge is -2.36. The van der Waals surface area contributed by atoms with Crippen LogP contribution in [0.2, 0.25) is 0 Å². The minimum atomic E-state index is -3.94. The predicted molar refractivity (Wildman–Crippen MR) is 219 cm³/mol. The van der Waals surface area contributed by atoms with Crippen molar-refractivity contribution in [1.29, 1.82) is 0 Å². The van der Waals surface area contributed by atoms with Gasteiger partial charge in [0.05, 0.1) is 27.7 Å². The molecule has 1 aliphatic heterocycles. The largest absolute Gasteiger partial charge is 0.487 e. The van der Waals surface area contributed by atoms with E-state index in [2.05, 4.69) is 21.9 Å². The summed E-state index contributed by atoms with van der Waals surface area (Å²) in [5.41, 5.74) is -1.30. The molecule has 3 N–H and O–H groups in total. The minimum Gasteiger partial charge on any atom is -0.487 e. The lowest BCUT2D eigenvalue weighted by Crippen LogP contribution is -2.60. The van der Waals surface area contributed by atoms with Crippen molar-refractivity contribution in [2.75, 3.05) is 6.54 Å². The molecule has 3 fully saturated rings. The number of ether oxygens (including phenoxy) is 2. The standard InChI is InChI=1S/C42H48FN5O8S2/c1-8-24-21-42(24,38(51)47-58(53,54)27-15-16-27)46-36(49)30-19-26(22-48(30)37(50)35(40(2,3)4)45-39(52)56-41(5,6)7)55-31-20-29(23-12-10-9-11-13-23)44-33-28-17-14-25(43)18-32(28)57-34(31)33/h8-14,17-18,20,24,26-27,30,35H,1,15-16,19,21-22H2,2-7H3,(H,45,52)(H,46,49)(H,47,51)/t24-,26-,30+,35-,42-/m1/s1. The smallest absolute Gasteiger partial charge is 0.408 e. The molecular formula is C42H48FN5O8S2. The summed E-state index contributed by atoms with van der Waals surface area (Å²) in [6.45, 7) is 14.1. The Kier molecular flexibility index (Phi) is 10.6. The molecular weight excluding hydrogens is 786 g/mol. The number of rotatable bonds is 11. The van der Waals surface area contributed by atoms with Gasteiger partial charge in [-0.05, 0) is 63.6 Å². The van der Waals surface area contributed by atoms with Crippen LogP contribution in [0.5, 0.6) is 5.75 Å². The molecule has 0 radical (unpaired) electrons. The minimum absolute atomic E-state index is 0.0261. The van der Waals surface area contributed by atoms with E-state index in [1.54, 1.807) is 53.7 Å². The molecule has 1 saturated heterocycles. The third-order valence-electron chi connectivity index (χ3n) is 10.6. The van der Waals surface area contributed by atoms with Crippen molar-refractivity contribution in [1.82, 2.24) is 25.2 Å². The average Bonchev–Trinajstić information content (AvgIpc) is 4.05. The number of benzene rings is 2. The van der Waals surface area contributed by atoms with Gasteiger partial charge in [0.2, 0.25) is 21.8 Å². The maximum Gasteiger partial charge on any atom is 0.408 e. The average molecular weight is 834 g/mol. The van der Waals surface area contributed by atoms with Crippen molar-refractivity contribution < 1.29 is 41.5 Å². The number of thiophene rings is 1. The molecule has 4 amide bonds. The van der Waals surface area contributed by atoms with Gasteiger partial charge in [-0.3, -0.25) is 19.1 Å². The summed E-state index contributed by atoms with van der Waals surface area (Å²) >= 11 is 1.30. The summed E-state index contributed by atoms with van der Waals surface area (Å²) in [6, 6.07) is 13.4. The number of sulfonamides is 1. The second kappa shape index (κ2) is 14.9. The van der Waals surface area contributed by atoms with Crippen LogP contribution < -0.4 is 20.1 Å². The molecule has 2 aromatic carbocycles. The number of amides is 4. The van der Waals surface area contributed by atoms with Crippen LogP contribution in [0.4, 0.5) is 9.18 Å². The number of carbonyl (C=O) groups excluding carboxylic acids is 4. The van der Waals surface area contributed by atoms with Crippen LogP contribution in [0.1, 0.15) is 67.2 Å². The molecule has 58 heavy (non-hydrogen) atoms. The van der Waals surface area contributed by atoms with Crippen LogP contribution in [0.15, 0.2) is 67.3 Å². The van der Waals surface area contributed by atoms with Crippen LogP contribution in [0.25, 0.3) is 31.6 Å². The Morgan fingerprint density at radius 1 is 1.05 bits per heavy atom. The number of nitrogens with zero attached hydrogens (tertiary/aromatic N) is 2. The number of alkyl carbamates (subject to hydrolysis) is 1. The van der Waals surface area contributed by atoms with Gasteiger partial charge in [0.25, 0.3) is 5.91 Å². The first-order chi connectivity index (χ1) is 27.2. The Morgan fingerprint density at radius 2 is 1.76 bits per heavy atom. The molecule has 0 bridgehead atoms. The lowest BCUT2D eigenvalue weighted by atomic mass is 9.85. The molecule has 4 aromatic rings. The van der Waals surface area contributed by atoms with Crippen LogP contribution in [0, 0.1) is 17.2 Å². The summed E-state index contributed by atoms with van der Waals surface area (Å²) in [4.78, 5) is 62.2. The van der Waals surface area contributed by atoms with E-state index in [4.69, 9.17) is 14.5 Å². The molecule has 308 valence electrons. The van der Waals surface area contributed by atoms with E-state index in [0.717, 1.165) is 10.9 Å². The van der Waals surface area contributed by atoms with Crippen LogP contribution >= 0.6 is 11.3 Å². The van der Waals surface area contributed by atoms with Gasteiger partial charge >= 0.3 is 6.09 Å². The summed E-state index contributed by atoms with van der Waals surface area (Å²) in [5, 5.41) is 5.59. The molecule has 16 heteroatoms. The molecule has 5 atom stereocenters. The number of hydrogen-bond acceptors (Lipinski definition) is 10. The van der Waals surface area contributed by atoms with Crippen molar-refractivity contribution in [3.8, 4) is 17.0 Å².